The number of nitrogens with one attached hydrogen (secondary N) is 2. The summed E-state index contributed by atoms with van der Waals surface area (Å²) < 4.78 is 0. The second-order valence-electron chi connectivity index (χ2n) is 3.71. The Balaban J connectivity index is 2.03. The van der Waals surface area contributed by atoms with Crippen LogP contribution >= 0.6 is 11.6 Å². The van der Waals surface area contributed by atoms with Crippen LogP contribution in [0, 0.1) is 0 Å². The van der Waals surface area contributed by atoms with E-state index < -0.39 is 0 Å². The first kappa shape index (κ1) is 10.7. The summed E-state index contributed by atoms with van der Waals surface area (Å²) in [6.07, 6.45) is 1.73. The van der Waals surface area contributed by atoms with Crippen LogP contribution in [0.4, 0.5) is 0 Å². The first-order valence-electron chi connectivity index (χ1n) is 5.06. The third kappa shape index (κ3) is 2.81. The quantitative estimate of drug-likeness (QED) is 0.771. The van der Waals surface area contributed by atoms with Crippen molar-refractivity contribution >= 4 is 11.6 Å². The molecule has 0 bridgehead atoms. The van der Waals surface area contributed by atoms with Gasteiger partial charge in [0.05, 0.1) is 0 Å². The van der Waals surface area contributed by atoms with Gasteiger partial charge in [-0.1, -0.05) is 11.6 Å². The lowest BCUT2D eigenvalue weighted by atomic mass is 10.2. The van der Waals surface area contributed by atoms with E-state index in [1.54, 1.807) is 12.3 Å². The number of aromatic nitrogens is 1. The number of hydrogen-bond acceptors (Lipinski definition) is 3. The molecule has 0 amide bonds. The van der Waals surface area contributed by atoms with Gasteiger partial charge in [-0.15, -0.1) is 0 Å². The van der Waals surface area contributed by atoms with Gasteiger partial charge < -0.3 is 10.3 Å². The number of nitrogens with zero attached hydrogens (tertiary/aromatic N) is 1. The van der Waals surface area contributed by atoms with Crippen molar-refractivity contribution in [2.75, 3.05) is 26.2 Å². The molecule has 1 aromatic heterocycles. The molecule has 4 nitrogen and oxygen atoms in total. The molecule has 0 unspecified atom stereocenters. The second-order valence-corrected chi connectivity index (χ2v) is 4.12. The van der Waals surface area contributed by atoms with Crippen molar-refractivity contribution < 1.29 is 0 Å². The van der Waals surface area contributed by atoms with Gasteiger partial charge in [0.2, 0.25) is 0 Å². The van der Waals surface area contributed by atoms with Crippen LogP contribution in [0.2, 0.25) is 5.02 Å². The van der Waals surface area contributed by atoms with Crippen LogP contribution in [0.1, 0.15) is 5.56 Å². The SMILES string of the molecule is O=c1[nH]cc(CN2CCNCC2)cc1Cl. The summed E-state index contributed by atoms with van der Waals surface area (Å²) in [4.78, 5) is 16.0. The molecule has 1 aliphatic rings. The van der Waals surface area contributed by atoms with Crippen molar-refractivity contribution in [1.29, 1.82) is 0 Å². The zero-order valence-corrected chi connectivity index (χ0v) is 9.18. The summed E-state index contributed by atoms with van der Waals surface area (Å²) in [6.45, 7) is 4.97. The molecule has 1 aromatic rings. The van der Waals surface area contributed by atoms with Gasteiger partial charge in [0.25, 0.3) is 5.56 Å². The molecule has 0 aliphatic carbocycles. The van der Waals surface area contributed by atoms with Crippen LogP contribution in [-0.2, 0) is 6.54 Å². The van der Waals surface area contributed by atoms with E-state index in [9.17, 15) is 4.79 Å². The number of rotatable bonds is 2. The van der Waals surface area contributed by atoms with Gasteiger partial charge in [0, 0.05) is 38.9 Å². The summed E-state index contributed by atoms with van der Waals surface area (Å²) in [6, 6.07) is 1.74. The van der Waals surface area contributed by atoms with Gasteiger partial charge in [0.1, 0.15) is 5.02 Å². The minimum Gasteiger partial charge on any atom is -0.328 e. The van der Waals surface area contributed by atoms with Gasteiger partial charge in [0.15, 0.2) is 0 Å². The molecule has 2 N–H and O–H groups in total. The van der Waals surface area contributed by atoms with Gasteiger partial charge in [-0.2, -0.15) is 0 Å². The van der Waals surface area contributed by atoms with Crippen LogP contribution in [0.5, 0.6) is 0 Å². The number of hydrogen-bond donors (Lipinski definition) is 2. The normalized spacial score (nSPS) is 17.9. The second kappa shape index (κ2) is 4.79. The van der Waals surface area contributed by atoms with E-state index in [0.29, 0.717) is 0 Å². The minimum absolute atomic E-state index is 0.222. The van der Waals surface area contributed by atoms with Crippen molar-refractivity contribution in [1.82, 2.24) is 15.2 Å². The maximum Gasteiger partial charge on any atom is 0.266 e. The maximum atomic E-state index is 11.1. The van der Waals surface area contributed by atoms with Gasteiger partial charge in [-0.3, -0.25) is 9.69 Å². The van der Waals surface area contributed by atoms with Gasteiger partial charge >= 0.3 is 0 Å². The van der Waals surface area contributed by atoms with Crippen LogP contribution in [-0.4, -0.2) is 36.1 Å². The highest BCUT2D eigenvalue weighted by atomic mass is 35.5. The lowest BCUT2D eigenvalue weighted by molar-refractivity contribution is 0.233. The van der Waals surface area contributed by atoms with E-state index in [1.807, 2.05) is 0 Å². The zero-order valence-electron chi connectivity index (χ0n) is 8.42. The number of H-pyrrole nitrogens is 1. The van der Waals surface area contributed by atoms with E-state index in [4.69, 9.17) is 11.6 Å². The Kier molecular flexibility index (Phi) is 3.41. The molecule has 0 aromatic carbocycles. The Bertz CT molecular complexity index is 384. The average Bonchev–Trinajstić information content (AvgIpc) is 2.25. The summed E-state index contributed by atoms with van der Waals surface area (Å²) in [5.74, 6) is 0. The van der Waals surface area contributed by atoms with E-state index >= 15 is 0 Å². The van der Waals surface area contributed by atoms with Crippen LogP contribution in [0.25, 0.3) is 0 Å². The highest BCUT2D eigenvalue weighted by molar-refractivity contribution is 6.30. The van der Waals surface area contributed by atoms with Gasteiger partial charge in [-0.25, -0.2) is 0 Å². The summed E-state index contributed by atoms with van der Waals surface area (Å²) >= 11 is 5.76. The Hall–Kier alpha value is -0.840. The van der Waals surface area contributed by atoms with Crippen molar-refractivity contribution in [3.05, 3.63) is 33.2 Å². The monoisotopic (exact) mass is 227 g/mol. The molecule has 1 aliphatic heterocycles. The predicted octanol–water partition coefficient (Wildman–Crippen LogP) is 0.434. The van der Waals surface area contributed by atoms with Gasteiger partial charge in [-0.05, 0) is 11.6 Å². The first-order chi connectivity index (χ1) is 7.25. The highest BCUT2D eigenvalue weighted by Gasteiger charge is 2.10. The molecular weight excluding hydrogens is 214 g/mol. The summed E-state index contributed by atoms with van der Waals surface area (Å²) in [7, 11) is 0. The van der Waals surface area contributed by atoms with Crippen molar-refractivity contribution in [3.63, 3.8) is 0 Å². The van der Waals surface area contributed by atoms with Crippen LogP contribution < -0.4 is 10.9 Å². The molecule has 0 atom stereocenters. The lowest BCUT2D eigenvalue weighted by Gasteiger charge is -2.27. The zero-order chi connectivity index (χ0) is 10.7. The number of pyridine rings is 1. The molecule has 0 spiro atoms. The van der Waals surface area contributed by atoms with E-state index in [2.05, 4.69) is 15.2 Å². The highest BCUT2D eigenvalue weighted by Crippen LogP contribution is 2.07. The molecule has 2 heterocycles. The molecule has 82 valence electrons. The number of halogens is 1. The fourth-order valence-electron chi connectivity index (χ4n) is 1.72. The molecule has 2 rings (SSSR count). The molecule has 1 saturated heterocycles. The van der Waals surface area contributed by atoms with Crippen molar-refractivity contribution in [2.45, 2.75) is 6.54 Å². The molecular formula is C10H14ClN3O. The predicted molar refractivity (Wildman–Crippen MR) is 60.2 cm³/mol. The average molecular weight is 228 g/mol. The maximum absolute atomic E-state index is 11.1. The number of piperazine rings is 1. The largest absolute Gasteiger partial charge is 0.328 e. The number of aromatic amines is 1. The van der Waals surface area contributed by atoms with E-state index in [-0.39, 0.29) is 10.6 Å². The third-order valence-electron chi connectivity index (χ3n) is 2.53. The van der Waals surface area contributed by atoms with Crippen molar-refractivity contribution in [3.8, 4) is 0 Å². The van der Waals surface area contributed by atoms with E-state index in [1.165, 1.54) is 0 Å². The molecule has 0 radical (unpaired) electrons. The molecule has 5 heteroatoms. The Morgan fingerprint density at radius 2 is 2.13 bits per heavy atom. The fourth-order valence-corrected chi connectivity index (χ4v) is 1.91. The standard InChI is InChI=1S/C10H14ClN3O/c11-9-5-8(6-13-10(9)15)7-14-3-1-12-2-4-14/h5-6,12H,1-4,7H2,(H,13,15). The molecule has 15 heavy (non-hydrogen) atoms. The van der Waals surface area contributed by atoms with Crippen LogP contribution in [0.3, 0.4) is 0 Å². The Morgan fingerprint density at radius 1 is 1.40 bits per heavy atom. The summed E-state index contributed by atoms with van der Waals surface area (Å²) in [5.41, 5.74) is 0.835. The molecule has 0 saturated carbocycles. The van der Waals surface area contributed by atoms with Crippen molar-refractivity contribution in [2.24, 2.45) is 0 Å². The third-order valence-corrected chi connectivity index (χ3v) is 2.81. The first-order valence-corrected chi connectivity index (χ1v) is 5.44. The molecule has 1 fully saturated rings. The van der Waals surface area contributed by atoms with E-state index in [0.717, 1.165) is 38.3 Å². The fraction of sp³-hybridized carbons (Fsp3) is 0.500. The topological polar surface area (TPSA) is 48.1 Å². The Morgan fingerprint density at radius 3 is 2.80 bits per heavy atom. The smallest absolute Gasteiger partial charge is 0.266 e. The lowest BCUT2D eigenvalue weighted by Crippen LogP contribution is -2.42. The van der Waals surface area contributed by atoms with Crippen LogP contribution in [0.15, 0.2) is 17.1 Å². The Labute approximate surface area is 93.2 Å². The summed E-state index contributed by atoms with van der Waals surface area (Å²) in [5, 5.41) is 3.56. The minimum atomic E-state index is -0.222.